The third kappa shape index (κ3) is 3.56. The summed E-state index contributed by atoms with van der Waals surface area (Å²) in [5.41, 5.74) is 0.328. The van der Waals surface area contributed by atoms with Crippen molar-refractivity contribution in [1.82, 2.24) is 5.32 Å². The first kappa shape index (κ1) is 15.8. The summed E-state index contributed by atoms with van der Waals surface area (Å²) in [6.45, 7) is 4.15. The largest absolute Gasteiger partial charge is 0.506 e. The minimum absolute atomic E-state index is 0.0481. The van der Waals surface area contributed by atoms with Crippen LogP contribution >= 0.6 is 15.9 Å². The number of alkyl halides is 1. The van der Waals surface area contributed by atoms with Gasteiger partial charge in [-0.25, -0.2) is 0 Å². The molecule has 1 unspecified atom stereocenters. The molecular formula is C17H20BrNO2. The molecular weight excluding hydrogens is 330 g/mol. The Morgan fingerprint density at radius 2 is 1.95 bits per heavy atom. The number of halogens is 1. The van der Waals surface area contributed by atoms with Crippen LogP contribution in [0.5, 0.6) is 5.75 Å². The quantitative estimate of drug-likeness (QED) is 0.798. The number of hydrogen-bond acceptors (Lipinski definition) is 2. The van der Waals surface area contributed by atoms with Crippen LogP contribution in [0, 0.1) is 5.92 Å². The van der Waals surface area contributed by atoms with Crippen LogP contribution in [-0.2, 0) is 0 Å². The highest BCUT2D eigenvalue weighted by molar-refractivity contribution is 9.09. The Labute approximate surface area is 133 Å². The third-order valence-electron chi connectivity index (χ3n) is 3.69. The molecule has 0 fully saturated rings. The second-order valence-corrected chi connectivity index (χ2v) is 6.28. The fourth-order valence-electron chi connectivity index (χ4n) is 2.37. The van der Waals surface area contributed by atoms with Gasteiger partial charge in [-0.05, 0) is 23.8 Å². The molecule has 0 radical (unpaired) electrons. The summed E-state index contributed by atoms with van der Waals surface area (Å²) < 4.78 is 0. The monoisotopic (exact) mass is 349 g/mol. The van der Waals surface area contributed by atoms with Crippen LogP contribution in [0.3, 0.4) is 0 Å². The molecule has 2 rings (SSSR count). The number of phenolic OH excluding ortho intramolecular Hbond substituents is 1. The molecule has 0 heterocycles. The molecule has 2 N–H and O–H groups in total. The van der Waals surface area contributed by atoms with Crippen LogP contribution in [0.4, 0.5) is 0 Å². The van der Waals surface area contributed by atoms with Gasteiger partial charge in [0.2, 0.25) is 0 Å². The van der Waals surface area contributed by atoms with Crippen molar-refractivity contribution in [1.29, 1.82) is 0 Å². The maximum Gasteiger partial charge on any atom is 0.255 e. The van der Waals surface area contributed by atoms with Gasteiger partial charge in [0.1, 0.15) is 5.75 Å². The molecule has 4 heteroatoms. The van der Waals surface area contributed by atoms with E-state index in [-0.39, 0.29) is 17.7 Å². The number of nitrogens with one attached hydrogen (secondary N) is 1. The van der Waals surface area contributed by atoms with Gasteiger partial charge in [0.05, 0.1) is 5.56 Å². The van der Waals surface area contributed by atoms with Gasteiger partial charge in [0.25, 0.3) is 5.91 Å². The smallest absolute Gasteiger partial charge is 0.255 e. The molecule has 1 amide bonds. The van der Waals surface area contributed by atoms with Gasteiger partial charge >= 0.3 is 0 Å². The van der Waals surface area contributed by atoms with E-state index in [0.717, 1.165) is 17.1 Å². The Morgan fingerprint density at radius 1 is 1.24 bits per heavy atom. The fraction of sp³-hybridized carbons (Fsp3) is 0.353. The van der Waals surface area contributed by atoms with E-state index in [1.807, 2.05) is 30.3 Å². The lowest BCUT2D eigenvalue weighted by atomic mass is 10.0. The van der Waals surface area contributed by atoms with E-state index in [1.165, 1.54) is 0 Å². The fourth-order valence-corrected chi connectivity index (χ4v) is 2.87. The number of phenols is 1. The molecule has 0 aromatic heterocycles. The first-order valence-corrected chi connectivity index (χ1v) is 8.24. The van der Waals surface area contributed by atoms with Crippen molar-refractivity contribution in [2.45, 2.75) is 26.3 Å². The second-order valence-electron chi connectivity index (χ2n) is 5.48. The Bertz CT molecular complexity index is 640. The Kier molecular flexibility index (Phi) is 5.23. The lowest BCUT2D eigenvalue weighted by Crippen LogP contribution is -2.38. The van der Waals surface area contributed by atoms with Crippen molar-refractivity contribution in [3.63, 3.8) is 0 Å². The molecule has 1 atom stereocenters. The molecule has 21 heavy (non-hydrogen) atoms. The zero-order valence-electron chi connectivity index (χ0n) is 12.3. The van der Waals surface area contributed by atoms with Gasteiger partial charge in [-0.1, -0.05) is 60.1 Å². The number of rotatable bonds is 5. The second kappa shape index (κ2) is 6.94. The van der Waals surface area contributed by atoms with Crippen LogP contribution < -0.4 is 5.32 Å². The van der Waals surface area contributed by atoms with E-state index < -0.39 is 0 Å². The average Bonchev–Trinajstić information content (AvgIpc) is 2.47. The van der Waals surface area contributed by atoms with Crippen LogP contribution in [0.1, 0.15) is 30.6 Å². The first-order valence-electron chi connectivity index (χ1n) is 7.12. The Balaban J connectivity index is 2.29. The van der Waals surface area contributed by atoms with Crippen LogP contribution in [0.25, 0.3) is 10.8 Å². The van der Waals surface area contributed by atoms with Gasteiger partial charge in [0, 0.05) is 16.8 Å². The number of hydrogen-bond donors (Lipinski definition) is 2. The summed E-state index contributed by atoms with van der Waals surface area (Å²) in [5.74, 6) is 0.166. The molecule has 0 saturated heterocycles. The van der Waals surface area contributed by atoms with Crippen LogP contribution in [0.15, 0.2) is 36.4 Å². The zero-order chi connectivity index (χ0) is 15.4. The highest BCUT2D eigenvalue weighted by atomic mass is 79.9. The zero-order valence-corrected chi connectivity index (χ0v) is 13.9. The molecule has 0 spiro atoms. The summed E-state index contributed by atoms with van der Waals surface area (Å²) in [7, 11) is 0. The number of carbonyl (C=O) groups is 1. The Hall–Kier alpha value is -1.55. The molecule has 2 aromatic carbocycles. The van der Waals surface area contributed by atoms with Gasteiger partial charge in [-0.2, -0.15) is 0 Å². The maximum atomic E-state index is 12.4. The van der Waals surface area contributed by atoms with Crippen molar-refractivity contribution in [3.05, 3.63) is 42.0 Å². The van der Waals surface area contributed by atoms with E-state index in [0.29, 0.717) is 16.9 Å². The standard InChI is InChI=1S/C17H20BrNO2/c1-11(2)15(9-10-18)19-17(21)14-8-7-12-5-3-4-6-13(12)16(14)20/h3-8,11,15,20H,9-10H2,1-2H3,(H,19,21). The average molecular weight is 350 g/mol. The third-order valence-corrected chi connectivity index (χ3v) is 4.14. The predicted octanol–water partition coefficient (Wildman–Crippen LogP) is 4.08. The highest BCUT2D eigenvalue weighted by Gasteiger charge is 2.19. The number of carbonyl (C=O) groups excluding carboxylic acids is 1. The number of fused-ring (bicyclic) bond motifs is 1. The van der Waals surface area contributed by atoms with Crippen molar-refractivity contribution in [2.75, 3.05) is 5.33 Å². The molecule has 0 saturated carbocycles. The van der Waals surface area contributed by atoms with Crippen molar-refractivity contribution in [2.24, 2.45) is 5.92 Å². The number of aromatic hydroxyl groups is 1. The van der Waals surface area contributed by atoms with E-state index in [2.05, 4.69) is 35.1 Å². The summed E-state index contributed by atoms with van der Waals surface area (Å²) in [6, 6.07) is 11.1. The number of benzene rings is 2. The van der Waals surface area contributed by atoms with Crippen LogP contribution in [0.2, 0.25) is 0 Å². The molecule has 2 aromatic rings. The predicted molar refractivity (Wildman–Crippen MR) is 90.1 cm³/mol. The van der Waals surface area contributed by atoms with Gasteiger partial charge in [-0.15, -0.1) is 0 Å². The van der Waals surface area contributed by atoms with Crippen molar-refractivity contribution in [3.8, 4) is 5.75 Å². The normalized spacial score (nSPS) is 12.6. The number of amides is 1. The molecule has 0 bridgehead atoms. The highest BCUT2D eigenvalue weighted by Crippen LogP contribution is 2.28. The molecule has 3 nitrogen and oxygen atoms in total. The lowest BCUT2D eigenvalue weighted by Gasteiger charge is -2.22. The summed E-state index contributed by atoms with van der Waals surface area (Å²) >= 11 is 3.41. The lowest BCUT2D eigenvalue weighted by molar-refractivity contribution is 0.0922. The summed E-state index contributed by atoms with van der Waals surface area (Å²) in [4.78, 5) is 12.4. The van der Waals surface area contributed by atoms with Gasteiger partial charge < -0.3 is 10.4 Å². The molecule has 0 aliphatic carbocycles. The minimum atomic E-state index is -0.224. The summed E-state index contributed by atoms with van der Waals surface area (Å²) in [6.07, 6.45) is 0.859. The van der Waals surface area contributed by atoms with E-state index in [9.17, 15) is 9.90 Å². The van der Waals surface area contributed by atoms with Gasteiger partial charge in [0.15, 0.2) is 0 Å². The van der Waals surface area contributed by atoms with Crippen LogP contribution in [-0.4, -0.2) is 22.4 Å². The minimum Gasteiger partial charge on any atom is -0.506 e. The van der Waals surface area contributed by atoms with Gasteiger partial charge in [-0.3, -0.25) is 4.79 Å². The SMILES string of the molecule is CC(C)C(CCBr)NC(=O)c1ccc2ccccc2c1O. The first-order chi connectivity index (χ1) is 10.0. The Morgan fingerprint density at radius 3 is 2.62 bits per heavy atom. The molecule has 112 valence electrons. The molecule has 0 aliphatic rings. The maximum absolute atomic E-state index is 12.4. The molecule has 0 aliphatic heterocycles. The van der Waals surface area contributed by atoms with E-state index in [4.69, 9.17) is 0 Å². The topological polar surface area (TPSA) is 49.3 Å². The van der Waals surface area contributed by atoms with E-state index >= 15 is 0 Å². The summed E-state index contributed by atoms with van der Waals surface area (Å²) in [5, 5.41) is 15.8. The van der Waals surface area contributed by atoms with Crippen molar-refractivity contribution < 1.29 is 9.90 Å². The van der Waals surface area contributed by atoms with Crippen molar-refractivity contribution >= 4 is 32.6 Å². The van der Waals surface area contributed by atoms with E-state index in [1.54, 1.807) is 6.07 Å².